The Morgan fingerprint density at radius 1 is 1.24 bits per heavy atom. The lowest BCUT2D eigenvalue weighted by Gasteiger charge is -2.21. The number of pyridine rings is 1. The van der Waals surface area contributed by atoms with E-state index in [1.807, 2.05) is 13.8 Å². The van der Waals surface area contributed by atoms with Crippen LogP contribution in [0.1, 0.15) is 41.9 Å². The number of halogens is 4. The van der Waals surface area contributed by atoms with E-state index >= 15 is 0 Å². The number of rotatable bonds is 6. The molecule has 1 fully saturated rings. The van der Waals surface area contributed by atoms with E-state index < -0.39 is 47.4 Å². The van der Waals surface area contributed by atoms with Crippen molar-refractivity contribution in [1.29, 1.82) is 0 Å². The molecule has 4 heterocycles. The van der Waals surface area contributed by atoms with Gasteiger partial charge >= 0.3 is 6.18 Å². The van der Waals surface area contributed by atoms with Gasteiger partial charge < -0.3 is 21.1 Å². The van der Waals surface area contributed by atoms with Crippen LogP contribution >= 0.6 is 0 Å². The van der Waals surface area contributed by atoms with E-state index in [0.29, 0.717) is 0 Å². The van der Waals surface area contributed by atoms with Gasteiger partial charge in [-0.3, -0.25) is 14.6 Å². The van der Waals surface area contributed by atoms with E-state index in [-0.39, 0.29) is 53.8 Å². The molecule has 38 heavy (non-hydrogen) atoms. The number of anilines is 1. The van der Waals surface area contributed by atoms with E-state index in [4.69, 9.17) is 5.73 Å². The van der Waals surface area contributed by atoms with Crippen molar-refractivity contribution in [2.75, 3.05) is 18.8 Å². The number of aromatic nitrogens is 4. The van der Waals surface area contributed by atoms with Crippen LogP contribution < -0.4 is 11.1 Å². The van der Waals surface area contributed by atoms with Gasteiger partial charge in [-0.1, -0.05) is 13.8 Å². The van der Waals surface area contributed by atoms with E-state index in [1.165, 1.54) is 24.1 Å². The molecule has 3 aromatic rings. The number of aryl methyl sites for hydroxylation is 1. The molecule has 0 aliphatic carbocycles. The normalized spacial score (nSPS) is 18.8. The van der Waals surface area contributed by atoms with Crippen LogP contribution in [0.25, 0.3) is 16.8 Å². The van der Waals surface area contributed by atoms with Crippen LogP contribution in [-0.2, 0) is 11.0 Å². The quantitative estimate of drug-likeness (QED) is 0.411. The number of aliphatic hydroxyl groups excluding tert-OH is 1. The fourth-order valence-corrected chi connectivity index (χ4v) is 4.48. The average molecular weight is 538 g/mol. The highest BCUT2D eigenvalue weighted by atomic mass is 19.4. The molecule has 4 N–H and O–H groups in total. The molecule has 0 spiro atoms. The van der Waals surface area contributed by atoms with Crippen molar-refractivity contribution < 1.29 is 32.3 Å². The van der Waals surface area contributed by atoms with Gasteiger partial charge in [-0.15, -0.1) is 0 Å². The number of aliphatic hydroxyl groups is 1. The van der Waals surface area contributed by atoms with Gasteiger partial charge in [0.1, 0.15) is 24.1 Å². The number of hydrogen-bond donors (Lipinski definition) is 3. The number of carbonyl (C=O) groups excluding carboxylic acids is 2. The maximum atomic E-state index is 14.7. The number of likely N-dealkylation sites (tertiary alicyclic amines) is 1. The van der Waals surface area contributed by atoms with Crippen LogP contribution in [0.2, 0.25) is 0 Å². The number of hydrogen-bond acceptors (Lipinski definition) is 7. The molecule has 1 aliphatic rings. The Morgan fingerprint density at radius 3 is 2.61 bits per heavy atom. The summed E-state index contributed by atoms with van der Waals surface area (Å²) in [6, 6.07) is 1.13. The second-order valence-corrected chi connectivity index (χ2v) is 9.69. The summed E-state index contributed by atoms with van der Waals surface area (Å²) in [5.74, 6) is -1.64. The Labute approximate surface area is 214 Å². The Bertz CT molecular complexity index is 1380. The smallest absolute Gasteiger partial charge is 0.383 e. The molecule has 0 unspecified atom stereocenters. The fraction of sp³-hybridized carbons (Fsp3) is 0.458. The van der Waals surface area contributed by atoms with Crippen molar-refractivity contribution >= 4 is 23.1 Å². The van der Waals surface area contributed by atoms with E-state index in [1.54, 1.807) is 0 Å². The van der Waals surface area contributed by atoms with Crippen LogP contribution in [0.4, 0.5) is 23.4 Å². The largest absolute Gasteiger partial charge is 0.418 e. The van der Waals surface area contributed by atoms with Crippen molar-refractivity contribution in [2.45, 2.75) is 51.7 Å². The van der Waals surface area contributed by atoms with Gasteiger partial charge in [-0.2, -0.15) is 18.3 Å². The van der Waals surface area contributed by atoms with Crippen molar-refractivity contribution in [3.8, 4) is 11.3 Å². The average Bonchev–Trinajstić information content (AvgIpc) is 3.40. The van der Waals surface area contributed by atoms with E-state index in [0.717, 1.165) is 16.9 Å². The summed E-state index contributed by atoms with van der Waals surface area (Å²) < 4.78 is 56.7. The summed E-state index contributed by atoms with van der Waals surface area (Å²) in [5.41, 5.74) is 4.59. The van der Waals surface area contributed by atoms with Crippen molar-refractivity contribution in [3.05, 3.63) is 41.5 Å². The van der Waals surface area contributed by atoms with Crippen LogP contribution in [-0.4, -0.2) is 72.8 Å². The lowest BCUT2D eigenvalue weighted by Crippen LogP contribution is -2.43. The van der Waals surface area contributed by atoms with Gasteiger partial charge in [0.15, 0.2) is 5.82 Å². The molecule has 0 radical (unpaired) electrons. The lowest BCUT2D eigenvalue weighted by molar-refractivity contribution is -0.140. The van der Waals surface area contributed by atoms with Gasteiger partial charge in [0.2, 0.25) is 0 Å². The number of alkyl halides is 4. The van der Waals surface area contributed by atoms with Crippen molar-refractivity contribution in [3.63, 3.8) is 0 Å². The maximum Gasteiger partial charge on any atom is 0.418 e. The molecule has 0 aromatic carbocycles. The lowest BCUT2D eigenvalue weighted by atomic mass is 10.1. The first-order valence-electron chi connectivity index (χ1n) is 11.9. The first-order valence-corrected chi connectivity index (χ1v) is 11.9. The summed E-state index contributed by atoms with van der Waals surface area (Å²) in [7, 11) is 0. The van der Waals surface area contributed by atoms with Gasteiger partial charge in [-0.25, -0.2) is 13.9 Å². The van der Waals surface area contributed by atoms with Gasteiger partial charge in [0.05, 0.1) is 35.1 Å². The molecule has 3 atom stereocenters. The molecular formula is C24H27F4N7O3. The molecule has 14 heteroatoms. The second-order valence-electron chi connectivity index (χ2n) is 9.69. The molecule has 10 nitrogen and oxygen atoms in total. The third kappa shape index (κ3) is 5.26. The summed E-state index contributed by atoms with van der Waals surface area (Å²) in [4.78, 5) is 34.5. The Morgan fingerprint density at radius 2 is 1.95 bits per heavy atom. The zero-order chi connectivity index (χ0) is 27.9. The monoisotopic (exact) mass is 537 g/mol. The predicted molar refractivity (Wildman–Crippen MR) is 129 cm³/mol. The molecule has 0 bridgehead atoms. The van der Waals surface area contributed by atoms with Crippen LogP contribution in [0.3, 0.4) is 0 Å². The summed E-state index contributed by atoms with van der Waals surface area (Å²) in [6.07, 6.45) is -5.07. The van der Waals surface area contributed by atoms with Crippen molar-refractivity contribution in [1.82, 2.24) is 29.8 Å². The molecule has 3 aromatic heterocycles. The fourth-order valence-electron chi connectivity index (χ4n) is 4.48. The predicted octanol–water partition coefficient (Wildman–Crippen LogP) is 2.39. The zero-order valence-corrected chi connectivity index (χ0v) is 20.8. The first kappa shape index (κ1) is 27.2. The molecule has 1 aliphatic heterocycles. The highest BCUT2D eigenvalue weighted by molar-refractivity contribution is 5.97. The zero-order valence-electron chi connectivity index (χ0n) is 20.8. The number of fused-ring (bicyclic) bond motifs is 1. The Kier molecular flexibility index (Phi) is 7.28. The minimum Gasteiger partial charge on any atom is -0.383 e. The third-order valence-corrected chi connectivity index (χ3v) is 6.37. The molecule has 0 saturated carbocycles. The highest BCUT2D eigenvalue weighted by Gasteiger charge is 2.39. The minimum absolute atomic E-state index is 0.00450. The number of nitrogen functional groups attached to an aromatic ring is 1. The van der Waals surface area contributed by atoms with E-state index in [9.17, 15) is 32.3 Å². The second kappa shape index (κ2) is 10.2. The SMILES string of the molecule is Cc1ncc(-c2cc(C(F)(F)F)c3c(N)ncnn23)cc1C(=O)N[C@@H]1CN(C(=O)[C@@H](O)CC(C)C)C[C@@H]1F. The number of carbonyl (C=O) groups is 2. The Balaban J connectivity index is 1.60. The third-order valence-electron chi connectivity index (χ3n) is 6.37. The maximum absolute atomic E-state index is 14.7. The van der Waals surface area contributed by atoms with E-state index in [2.05, 4.69) is 20.4 Å². The number of amides is 2. The molecule has 4 rings (SSSR count). The summed E-state index contributed by atoms with van der Waals surface area (Å²) in [6.45, 7) is 4.79. The number of nitrogens with zero attached hydrogens (tertiary/aromatic N) is 5. The van der Waals surface area contributed by atoms with Crippen LogP contribution in [0, 0.1) is 12.8 Å². The standard InChI is InChI=1S/C24H27F4N7O3/c1-11(2)4-19(36)23(38)34-8-16(25)17(9-34)33-22(37)14-5-13(7-30-12(14)3)18-6-15(24(26,27)28)20-21(29)31-10-32-35(18)20/h5-7,10-11,16-17,19,36H,4,8-9H2,1-3H3,(H,33,37)(H2,29,31,32)/t16-,17+,19-/m0/s1. The van der Waals surface area contributed by atoms with Crippen molar-refractivity contribution in [2.24, 2.45) is 5.92 Å². The summed E-state index contributed by atoms with van der Waals surface area (Å²) >= 11 is 0. The molecular weight excluding hydrogens is 510 g/mol. The van der Waals surface area contributed by atoms with Gasteiger partial charge in [0.25, 0.3) is 11.8 Å². The molecule has 204 valence electrons. The number of nitrogens with one attached hydrogen (secondary N) is 1. The van der Waals surface area contributed by atoms with Crippen LogP contribution in [0.5, 0.6) is 0 Å². The van der Waals surface area contributed by atoms with Crippen LogP contribution in [0.15, 0.2) is 24.7 Å². The van der Waals surface area contributed by atoms with Gasteiger partial charge in [-0.05, 0) is 31.4 Å². The highest BCUT2D eigenvalue weighted by Crippen LogP contribution is 2.38. The minimum atomic E-state index is -4.74. The van der Waals surface area contributed by atoms with Gasteiger partial charge in [0, 0.05) is 18.3 Å². The molecule has 2 amide bonds. The number of nitrogens with two attached hydrogens (primary N) is 1. The topological polar surface area (TPSA) is 139 Å². The summed E-state index contributed by atoms with van der Waals surface area (Å²) in [5, 5.41) is 16.5. The first-order chi connectivity index (χ1) is 17.8. The Hall–Kier alpha value is -3.81. The molecule has 1 saturated heterocycles.